The van der Waals surface area contributed by atoms with Crippen molar-refractivity contribution < 1.29 is 9.53 Å². The highest BCUT2D eigenvalue weighted by atomic mass is 16.5. The number of likely N-dealkylation sites (tertiary alicyclic amines) is 1. The van der Waals surface area contributed by atoms with Gasteiger partial charge < -0.3 is 20.3 Å². The summed E-state index contributed by atoms with van der Waals surface area (Å²) in [7, 11) is 3.46. The average Bonchev–Trinajstić information content (AvgIpc) is 2.70. The first-order chi connectivity index (χ1) is 13.2. The molecule has 0 saturated carbocycles. The Hall–Kier alpha value is -2.67. The number of anilines is 3. The van der Waals surface area contributed by atoms with Crippen LogP contribution in [-0.4, -0.2) is 54.1 Å². The number of hydrogen-bond donors (Lipinski definition) is 2. The van der Waals surface area contributed by atoms with E-state index in [1.165, 1.54) is 13.4 Å². The van der Waals surface area contributed by atoms with Gasteiger partial charge in [-0.25, -0.2) is 14.8 Å². The van der Waals surface area contributed by atoms with E-state index in [2.05, 4.69) is 32.5 Å². The normalized spacial score (nSPS) is 16.7. The van der Waals surface area contributed by atoms with Crippen LogP contribution in [0.3, 0.4) is 0 Å². The molecule has 146 valence electrons. The molecular weight excluding hydrogens is 342 g/mol. The van der Waals surface area contributed by atoms with Crippen LogP contribution in [0, 0.1) is 0 Å². The summed E-state index contributed by atoms with van der Waals surface area (Å²) < 4.78 is 4.96. The predicted octanol–water partition coefficient (Wildman–Crippen LogP) is 3.54. The van der Waals surface area contributed by atoms with E-state index in [4.69, 9.17) is 4.74 Å². The molecule has 7 heteroatoms. The van der Waals surface area contributed by atoms with E-state index in [1.54, 1.807) is 0 Å². The lowest BCUT2D eigenvalue weighted by Crippen LogP contribution is -2.40. The minimum absolute atomic E-state index is 0.238. The minimum atomic E-state index is -0.467. The molecule has 1 aromatic carbocycles. The number of ether oxygens (including phenoxy) is 1. The van der Waals surface area contributed by atoms with Crippen LogP contribution in [0.15, 0.2) is 36.7 Å². The van der Waals surface area contributed by atoms with Crippen LogP contribution in [0.1, 0.15) is 37.0 Å². The number of benzene rings is 1. The number of carbonyl (C=O) groups is 1. The molecule has 27 heavy (non-hydrogen) atoms. The first-order valence-electron chi connectivity index (χ1n) is 9.38. The third kappa shape index (κ3) is 5.65. The molecule has 2 N–H and O–H groups in total. The molecule has 0 bridgehead atoms. The Morgan fingerprint density at radius 3 is 2.56 bits per heavy atom. The molecule has 0 spiro atoms. The summed E-state index contributed by atoms with van der Waals surface area (Å²) in [6.45, 7) is 6.00. The van der Waals surface area contributed by atoms with Crippen molar-refractivity contribution in [3.8, 4) is 0 Å². The molecule has 1 saturated heterocycles. The van der Waals surface area contributed by atoms with E-state index in [-0.39, 0.29) is 6.04 Å². The van der Waals surface area contributed by atoms with Crippen molar-refractivity contribution in [1.82, 2.24) is 14.9 Å². The molecule has 1 unspecified atom stereocenters. The van der Waals surface area contributed by atoms with Gasteiger partial charge in [0.1, 0.15) is 17.7 Å². The number of methoxy groups -OCH3 is 1. The van der Waals surface area contributed by atoms with Crippen LogP contribution < -0.4 is 10.6 Å². The Kier molecular flexibility index (Phi) is 8.00. The first kappa shape index (κ1) is 20.6. The lowest BCUT2D eigenvalue weighted by Gasteiger charge is -2.31. The van der Waals surface area contributed by atoms with Crippen molar-refractivity contribution in [2.24, 2.45) is 0 Å². The molecule has 1 aromatic heterocycles. The standard InChI is InChI=1S/C18H23N5O2.C2H6/c1-23-10-6-9-14(11-23)22-17-15(18(24)25-2)16(19-12-20-17)21-13-7-4-3-5-8-13;1-2/h3-5,7-8,12,14H,6,9-11H2,1-2H3,(H2,19,20,21,22);1-2H3. The smallest absolute Gasteiger partial charge is 0.345 e. The molecule has 2 aromatic rings. The summed E-state index contributed by atoms with van der Waals surface area (Å²) in [5.74, 6) is 0.464. The van der Waals surface area contributed by atoms with Gasteiger partial charge in [-0.3, -0.25) is 0 Å². The molecule has 1 aliphatic rings. The number of nitrogens with one attached hydrogen (secondary N) is 2. The van der Waals surface area contributed by atoms with Crippen LogP contribution in [-0.2, 0) is 4.74 Å². The molecule has 0 radical (unpaired) electrons. The number of rotatable bonds is 5. The van der Waals surface area contributed by atoms with Crippen molar-refractivity contribution >= 4 is 23.3 Å². The zero-order chi connectivity index (χ0) is 19.6. The topological polar surface area (TPSA) is 79.4 Å². The van der Waals surface area contributed by atoms with Gasteiger partial charge in [-0.1, -0.05) is 32.0 Å². The van der Waals surface area contributed by atoms with Crippen LogP contribution >= 0.6 is 0 Å². The first-order valence-corrected chi connectivity index (χ1v) is 9.38. The number of esters is 1. The molecule has 1 fully saturated rings. The zero-order valence-electron chi connectivity index (χ0n) is 16.5. The third-order valence-corrected chi connectivity index (χ3v) is 4.24. The summed E-state index contributed by atoms with van der Waals surface area (Å²) in [5.41, 5.74) is 1.16. The van der Waals surface area contributed by atoms with Crippen LogP contribution in [0.5, 0.6) is 0 Å². The molecule has 0 amide bonds. The lowest BCUT2D eigenvalue weighted by atomic mass is 10.1. The number of nitrogens with zero attached hydrogens (tertiary/aromatic N) is 3. The Morgan fingerprint density at radius 2 is 1.89 bits per heavy atom. The van der Waals surface area contributed by atoms with Crippen LogP contribution in [0.2, 0.25) is 0 Å². The zero-order valence-corrected chi connectivity index (χ0v) is 16.5. The predicted molar refractivity (Wildman–Crippen MR) is 109 cm³/mol. The fraction of sp³-hybridized carbons (Fsp3) is 0.450. The maximum atomic E-state index is 12.4. The van der Waals surface area contributed by atoms with Crippen molar-refractivity contribution in [3.05, 3.63) is 42.2 Å². The fourth-order valence-corrected chi connectivity index (χ4v) is 3.02. The molecule has 0 aliphatic carbocycles. The van der Waals surface area contributed by atoms with Gasteiger partial charge >= 0.3 is 5.97 Å². The SMILES string of the molecule is CC.COC(=O)c1c(Nc2ccccc2)ncnc1NC1CCCN(C)C1. The highest BCUT2D eigenvalue weighted by Crippen LogP contribution is 2.25. The van der Waals surface area contributed by atoms with Crippen molar-refractivity contribution in [2.75, 3.05) is 37.9 Å². The monoisotopic (exact) mass is 371 g/mol. The summed E-state index contributed by atoms with van der Waals surface area (Å²) in [6, 6.07) is 9.82. The van der Waals surface area contributed by atoms with Crippen LogP contribution in [0.25, 0.3) is 0 Å². The summed E-state index contributed by atoms with van der Waals surface area (Å²) in [5, 5.41) is 6.56. The molecule has 2 heterocycles. The van der Waals surface area contributed by atoms with Gasteiger partial charge in [-0.05, 0) is 38.6 Å². The Morgan fingerprint density at radius 1 is 1.19 bits per heavy atom. The number of aromatic nitrogens is 2. The second-order valence-electron chi connectivity index (χ2n) is 6.17. The summed E-state index contributed by atoms with van der Waals surface area (Å²) in [6.07, 6.45) is 3.60. The number of hydrogen-bond acceptors (Lipinski definition) is 7. The number of likely N-dealkylation sites (N-methyl/N-ethyl adjacent to an activating group) is 1. The van der Waals surface area contributed by atoms with E-state index in [9.17, 15) is 4.79 Å². The Labute approximate surface area is 161 Å². The molecule has 1 atom stereocenters. The van der Waals surface area contributed by atoms with Gasteiger partial charge in [0, 0.05) is 18.3 Å². The van der Waals surface area contributed by atoms with Gasteiger partial charge in [-0.2, -0.15) is 0 Å². The second-order valence-corrected chi connectivity index (χ2v) is 6.17. The number of carbonyl (C=O) groups excluding carboxylic acids is 1. The largest absolute Gasteiger partial charge is 0.465 e. The second kappa shape index (κ2) is 10.5. The molecule has 1 aliphatic heterocycles. The molecule has 3 rings (SSSR count). The van der Waals surface area contributed by atoms with E-state index in [0.29, 0.717) is 17.2 Å². The number of piperidine rings is 1. The van der Waals surface area contributed by atoms with Gasteiger partial charge in [0.25, 0.3) is 0 Å². The van der Waals surface area contributed by atoms with E-state index in [1.807, 2.05) is 44.2 Å². The maximum absolute atomic E-state index is 12.4. The highest BCUT2D eigenvalue weighted by Gasteiger charge is 2.24. The lowest BCUT2D eigenvalue weighted by molar-refractivity contribution is 0.0602. The maximum Gasteiger partial charge on any atom is 0.345 e. The average molecular weight is 371 g/mol. The quantitative estimate of drug-likeness (QED) is 0.778. The van der Waals surface area contributed by atoms with Crippen molar-refractivity contribution in [3.63, 3.8) is 0 Å². The minimum Gasteiger partial charge on any atom is -0.465 e. The fourth-order valence-electron chi connectivity index (χ4n) is 3.02. The van der Waals surface area contributed by atoms with Crippen molar-refractivity contribution in [2.45, 2.75) is 32.7 Å². The molecule has 7 nitrogen and oxygen atoms in total. The Balaban J connectivity index is 0.00000126. The van der Waals surface area contributed by atoms with Gasteiger partial charge in [0.15, 0.2) is 5.82 Å². The third-order valence-electron chi connectivity index (χ3n) is 4.24. The summed E-state index contributed by atoms with van der Waals surface area (Å²) in [4.78, 5) is 23.2. The Bertz CT molecular complexity index is 724. The van der Waals surface area contributed by atoms with Gasteiger partial charge in [0.2, 0.25) is 0 Å². The van der Waals surface area contributed by atoms with Gasteiger partial charge in [0.05, 0.1) is 7.11 Å². The van der Waals surface area contributed by atoms with Crippen molar-refractivity contribution in [1.29, 1.82) is 0 Å². The number of para-hydroxylation sites is 1. The van der Waals surface area contributed by atoms with E-state index < -0.39 is 5.97 Å². The van der Waals surface area contributed by atoms with E-state index >= 15 is 0 Å². The van der Waals surface area contributed by atoms with Gasteiger partial charge in [-0.15, -0.1) is 0 Å². The summed E-state index contributed by atoms with van der Waals surface area (Å²) >= 11 is 0. The molecular formula is C20H29N5O2. The highest BCUT2D eigenvalue weighted by molar-refractivity contribution is 6.00. The van der Waals surface area contributed by atoms with E-state index in [0.717, 1.165) is 31.6 Å². The van der Waals surface area contributed by atoms with Crippen LogP contribution in [0.4, 0.5) is 17.3 Å².